The van der Waals surface area contributed by atoms with E-state index in [2.05, 4.69) is 6.92 Å². The van der Waals surface area contributed by atoms with Crippen LogP contribution in [-0.2, 0) is 4.74 Å². The van der Waals surface area contributed by atoms with Gasteiger partial charge in [0.2, 0.25) is 0 Å². The van der Waals surface area contributed by atoms with Gasteiger partial charge in [-0.3, -0.25) is 0 Å². The Morgan fingerprint density at radius 3 is 1.77 bits per heavy atom. The first-order valence-corrected chi connectivity index (χ1v) is 11.1. The summed E-state index contributed by atoms with van der Waals surface area (Å²) in [4.78, 5) is 12.1. The number of ether oxygens (including phenoxy) is 1. The van der Waals surface area contributed by atoms with Crippen molar-refractivity contribution in [2.45, 2.75) is 96.8 Å². The van der Waals surface area contributed by atoms with Crippen molar-refractivity contribution in [3.05, 3.63) is 24.4 Å². The van der Waals surface area contributed by atoms with E-state index in [-0.39, 0.29) is 10.6 Å². The Bertz CT molecular complexity index is 416. The number of hydrogen-bond acceptors (Lipinski definition) is 2. The molecule has 1 aliphatic heterocycles. The molecule has 0 spiro atoms. The number of rotatable bonds is 15. The summed E-state index contributed by atoms with van der Waals surface area (Å²) in [6.07, 6.45) is 26.5. The van der Waals surface area contributed by atoms with Crippen molar-refractivity contribution >= 4 is 6.09 Å². The number of carbonyl (C=O) groups excluding carboxylic acids is 1. The van der Waals surface area contributed by atoms with E-state index in [1.54, 1.807) is 0 Å². The molecule has 0 fully saturated rings. The number of allylic oxidation sites excluding steroid dienone is 2. The molecule has 1 amide bonds. The zero-order chi connectivity index (χ0) is 18.9. The van der Waals surface area contributed by atoms with Crippen molar-refractivity contribution in [3.8, 4) is 0 Å². The van der Waals surface area contributed by atoms with Gasteiger partial charge >= 0.3 is 6.09 Å². The van der Waals surface area contributed by atoms with Gasteiger partial charge in [-0.2, -0.15) is 9.28 Å². The van der Waals surface area contributed by atoms with Crippen LogP contribution in [0.3, 0.4) is 0 Å². The molecule has 1 atom stereocenters. The minimum Gasteiger partial charge on any atom is -0.420 e. The fraction of sp³-hybridized carbons (Fsp3) is 0.783. The van der Waals surface area contributed by atoms with Gasteiger partial charge in [0, 0.05) is 0 Å². The SMILES string of the molecule is CCCCCCCCCCCCCCCCOC(=O)[N+]1(C)C=CC=CC1. The van der Waals surface area contributed by atoms with E-state index in [1.807, 2.05) is 31.5 Å². The maximum atomic E-state index is 12.1. The Labute approximate surface area is 162 Å². The first-order valence-electron chi connectivity index (χ1n) is 11.1. The maximum absolute atomic E-state index is 12.1. The summed E-state index contributed by atoms with van der Waals surface area (Å²) < 4.78 is 5.67. The lowest BCUT2D eigenvalue weighted by molar-refractivity contribution is -0.779. The second kappa shape index (κ2) is 15.0. The van der Waals surface area contributed by atoms with Crippen molar-refractivity contribution in [1.29, 1.82) is 0 Å². The number of hydrogen-bond donors (Lipinski definition) is 0. The summed E-state index contributed by atoms with van der Waals surface area (Å²) in [6, 6.07) is 0. The molecule has 0 aromatic heterocycles. The molecule has 0 saturated carbocycles. The molecule has 26 heavy (non-hydrogen) atoms. The molecule has 3 nitrogen and oxygen atoms in total. The lowest BCUT2D eigenvalue weighted by Gasteiger charge is -2.25. The Kier molecular flexibility index (Phi) is 13.3. The molecule has 1 aliphatic rings. The average Bonchev–Trinajstić information content (AvgIpc) is 2.65. The van der Waals surface area contributed by atoms with Crippen LogP contribution in [0.2, 0.25) is 0 Å². The first-order chi connectivity index (χ1) is 12.7. The topological polar surface area (TPSA) is 26.3 Å². The monoisotopic (exact) mass is 364 g/mol. The van der Waals surface area contributed by atoms with Crippen LogP contribution in [-0.4, -0.2) is 30.8 Å². The molecule has 1 unspecified atom stereocenters. The van der Waals surface area contributed by atoms with Gasteiger partial charge in [0.25, 0.3) is 0 Å². The number of quaternary nitrogens is 1. The average molecular weight is 365 g/mol. The highest BCUT2D eigenvalue weighted by atomic mass is 16.6. The molecule has 0 saturated heterocycles. The van der Waals surface area contributed by atoms with Crippen LogP contribution < -0.4 is 0 Å². The number of nitrogens with zero attached hydrogens (tertiary/aromatic N) is 1. The molecular formula is C23H42NO2+. The van der Waals surface area contributed by atoms with Crippen LogP contribution in [0.15, 0.2) is 24.4 Å². The van der Waals surface area contributed by atoms with Gasteiger partial charge in [0.05, 0.1) is 13.7 Å². The highest BCUT2D eigenvalue weighted by molar-refractivity contribution is 5.60. The highest BCUT2D eigenvalue weighted by Crippen LogP contribution is 2.14. The van der Waals surface area contributed by atoms with Gasteiger partial charge in [0.1, 0.15) is 12.7 Å². The summed E-state index contributed by atoms with van der Waals surface area (Å²) in [5.74, 6) is 0. The molecule has 0 N–H and O–H groups in total. The zero-order valence-electron chi connectivity index (χ0n) is 17.4. The lowest BCUT2D eigenvalue weighted by Crippen LogP contribution is -2.45. The van der Waals surface area contributed by atoms with Crippen LogP contribution in [0.25, 0.3) is 0 Å². The third kappa shape index (κ3) is 10.8. The predicted octanol–water partition coefficient (Wildman–Crippen LogP) is 7.13. The van der Waals surface area contributed by atoms with E-state index in [1.165, 1.54) is 83.5 Å². The molecule has 1 rings (SSSR count). The van der Waals surface area contributed by atoms with Crippen LogP contribution >= 0.6 is 0 Å². The second-order valence-electron chi connectivity index (χ2n) is 7.93. The fourth-order valence-electron chi connectivity index (χ4n) is 3.40. The Morgan fingerprint density at radius 2 is 1.31 bits per heavy atom. The van der Waals surface area contributed by atoms with Crippen LogP contribution in [0, 0.1) is 0 Å². The fourth-order valence-corrected chi connectivity index (χ4v) is 3.40. The molecule has 0 aromatic rings. The van der Waals surface area contributed by atoms with Crippen LogP contribution in [0.4, 0.5) is 4.79 Å². The Morgan fingerprint density at radius 1 is 0.808 bits per heavy atom. The number of carbonyl (C=O) groups is 1. The zero-order valence-corrected chi connectivity index (χ0v) is 17.4. The summed E-state index contributed by atoms with van der Waals surface area (Å²) in [6.45, 7) is 3.52. The van der Waals surface area contributed by atoms with E-state index in [0.29, 0.717) is 13.2 Å². The van der Waals surface area contributed by atoms with Gasteiger partial charge in [-0.05, 0) is 18.6 Å². The third-order valence-electron chi connectivity index (χ3n) is 5.29. The van der Waals surface area contributed by atoms with E-state index < -0.39 is 0 Å². The van der Waals surface area contributed by atoms with Crippen molar-refractivity contribution in [2.75, 3.05) is 20.2 Å². The van der Waals surface area contributed by atoms with Gasteiger partial charge in [0.15, 0.2) is 0 Å². The van der Waals surface area contributed by atoms with Gasteiger partial charge in [-0.25, -0.2) is 0 Å². The summed E-state index contributed by atoms with van der Waals surface area (Å²) in [5.41, 5.74) is 0. The molecule has 0 aliphatic carbocycles. The van der Waals surface area contributed by atoms with Gasteiger partial charge in [-0.15, -0.1) is 0 Å². The normalized spacial score (nSPS) is 19.0. The largest absolute Gasteiger partial charge is 0.520 e. The molecule has 150 valence electrons. The number of unbranched alkanes of at least 4 members (excludes halogenated alkanes) is 13. The summed E-state index contributed by atoms with van der Waals surface area (Å²) in [5, 5.41) is 0. The maximum Gasteiger partial charge on any atom is 0.520 e. The quantitative estimate of drug-likeness (QED) is 0.228. The molecule has 1 heterocycles. The lowest BCUT2D eigenvalue weighted by atomic mass is 10.0. The van der Waals surface area contributed by atoms with E-state index in [4.69, 9.17) is 4.74 Å². The van der Waals surface area contributed by atoms with Crippen LogP contribution in [0.1, 0.15) is 96.8 Å². The number of likely N-dealkylation sites (N-methyl/N-ethyl adjacent to an activating group) is 1. The molecule has 0 bridgehead atoms. The highest BCUT2D eigenvalue weighted by Gasteiger charge is 2.31. The third-order valence-corrected chi connectivity index (χ3v) is 5.29. The first kappa shape index (κ1) is 23.0. The smallest absolute Gasteiger partial charge is 0.420 e. The molecule has 0 radical (unpaired) electrons. The van der Waals surface area contributed by atoms with E-state index in [0.717, 1.165) is 6.42 Å². The van der Waals surface area contributed by atoms with Crippen molar-refractivity contribution in [3.63, 3.8) is 0 Å². The minimum absolute atomic E-state index is 0.139. The van der Waals surface area contributed by atoms with E-state index in [9.17, 15) is 4.79 Å². The molecule has 3 heteroatoms. The summed E-state index contributed by atoms with van der Waals surface area (Å²) >= 11 is 0. The summed E-state index contributed by atoms with van der Waals surface area (Å²) in [7, 11) is 1.90. The van der Waals surface area contributed by atoms with E-state index >= 15 is 0 Å². The van der Waals surface area contributed by atoms with Gasteiger partial charge in [-0.1, -0.05) is 96.5 Å². The molecular weight excluding hydrogens is 322 g/mol. The van der Waals surface area contributed by atoms with Gasteiger partial charge < -0.3 is 4.74 Å². The Hall–Kier alpha value is -1.09. The van der Waals surface area contributed by atoms with Crippen molar-refractivity contribution < 1.29 is 14.0 Å². The van der Waals surface area contributed by atoms with Crippen molar-refractivity contribution in [2.24, 2.45) is 0 Å². The predicted molar refractivity (Wildman–Crippen MR) is 111 cm³/mol. The molecule has 0 aromatic carbocycles. The van der Waals surface area contributed by atoms with Crippen LogP contribution in [0.5, 0.6) is 0 Å². The second-order valence-corrected chi connectivity index (χ2v) is 7.93. The Balaban J connectivity index is 1.82. The minimum atomic E-state index is -0.139. The van der Waals surface area contributed by atoms with Crippen molar-refractivity contribution in [1.82, 2.24) is 0 Å². The standard InChI is InChI=1S/C23H42NO2/c1-3-4-5-6-7-8-9-10-11-12-13-14-15-19-22-26-23(25)24(2)20-17-16-18-21-24/h16-18,20H,3-15,19,21-22H2,1-2H3/q+1. The number of amides is 1.